The number of carbonyl (C=O) groups excluding carboxylic acids is 2. The predicted molar refractivity (Wildman–Crippen MR) is 61.4 cm³/mol. The van der Waals surface area contributed by atoms with E-state index >= 15 is 0 Å². The van der Waals surface area contributed by atoms with Gasteiger partial charge < -0.3 is 15.4 Å². The number of amides is 2. The van der Waals surface area contributed by atoms with E-state index in [1.165, 1.54) is 11.3 Å². The third-order valence-electron chi connectivity index (χ3n) is 2.89. The zero-order chi connectivity index (χ0) is 12.0. The van der Waals surface area contributed by atoms with Crippen LogP contribution < -0.4 is 10.6 Å². The summed E-state index contributed by atoms with van der Waals surface area (Å²) in [6.07, 6.45) is 0. The van der Waals surface area contributed by atoms with E-state index in [2.05, 4.69) is 10.6 Å². The second kappa shape index (κ2) is 3.59. The highest BCUT2D eigenvalue weighted by Crippen LogP contribution is 2.35. The molecule has 17 heavy (non-hydrogen) atoms. The first-order valence-corrected chi connectivity index (χ1v) is 6.06. The third-order valence-corrected chi connectivity index (χ3v) is 3.97. The number of carbonyl (C=O) groups is 2. The molecule has 88 valence electrons. The molecule has 0 saturated heterocycles. The quantitative estimate of drug-likeness (QED) is 0.736. The van der Waals surface area contributed by atoms with Crippen molar-refractivity contribution in [2.75, 3.05) is 6.61 Å². The van der Waals surface area contributed by atoms with Crippen LogP contribution in [0, 0.1) is 6.92 Å². The van der Waals surface area contributed by atoms with Crippen LogP contribution in [0.1, 0.15) is 16.5 Å². The van der Waals surface area contributed by atoms with Crippen molar-refractivity contribution in [3.05, 3.63) is 33.2 Å². The molecule has 2 aliphatic rings. The molecule has 3 rings (SSSR count). The van der Waals surface area contributed by atoms with Gasteiger partial charge in [0.05, 0.1) is 17.3 Å². The van der Waals surface area contributed by atoms with Gasteiger partial charge in [-0.05, 0) is 23.9 Å². The molecule has 1 unspecified atom stereocenters. The standard InChI is InChI=1S/C11H10N2O3S/c1-5-2-3-17-9(5)8-7-6(4-16-10(7)14)12-11(15)13-8/h2-3,8H,4H2,1H3,(H2,12,13,15). The van der Waals surface area contributed by atoms with Crippen molar-refractivity contribution in [1.29, 1.82) is 0 Å². The van der Waals surface area contributed by atoms with Gasteiger partial charge in [0.1, 0.15) is 6.61 Å². The highest BCUT2D eigenvalue weighted by molar-refractivity contribution is 7.10. The van der Waals surface area contributed by atoms with Crippen LogP contribution in [0.2, 0.25) is 0 Å². The second-order valence-electron chi connectivity index (χ2n) is 3.97. The Balaban J connectivity index is 2.09. The first-order chi connectivity index (χ1) is 8.16. The number of nitrogens with one attached hydrogen (secondary N) is 2. The van der Waals surface area contributed by atoms with Crippen LogP contribution >= 0.6 is 11.3 Å². The molecule has 0 radical (unpaired) electrons. The fourth-order valence-corrected chi connectivity index (χ4v) is 3.05. The number of hydrogen-bond donors (Lipinski definition) is 2. The highest BCUT2D eigenvalue weighted by Gasteiger charge is 2.38. The lowest BCUT2D eigenvalue weighted by molar-refractivity contribution is -0.136. The molecular weight excluding hydrogens is 240 g/mol. The summed E-state index contributed by atoms with van der Waals surface area (Å²) in [5.74, 6) is -0.356. The van der Waals surface area contributed by atoms with E-state index in [0.717, 1.165) is 10.4 Å². The van der Waals surface area contributed by atoms with Gasteiger partial charge in [0.15, 0.2) is 0 Å². The molecule has 1 aromatic rings. The van der Waals surface area contributed by atoms with Gasteiger partial charge in [-0.3, -0.25) is 0 Å². The Hall–Kier alpha value is -1.82. The molecule has 3 heterocycles. The number of urea groups is 1. The van der Waals surface area contributed by atoms with Crippen molar-refractivity contribution < 1.29 is 14.3 Å². The van der Waals surface area contributed by atoms with E-state index in [-0.39, 0.29) is 24.6 Å². The number of thiophene rings is 1. The molecule has 0 saturated carbocycles. The van der Waals surface area contributed by atoms with Crippen molar-refractivity contribution in [1.82, 2.24) is 10.6 Å². The number of ether oxygens (including phenoxy) is 1. The number of aryl methyl sites for hydroxylation is 1. The summed E-state index contributed by atoms with van der Waals surface area (Å²) >= 11 is 1.52. The Kier molecular flexibility index (Phi) is 2.19. The lowest BCUT2D eigenvalue weighted by Gasteiger charge is -2.24. The Morgan fingerprint density at radius 1 is 1.47 bits per heavy atom. The summed E-state index contributed by atoms with van der Waals surface area (Å²) in [7, 11) is 0. The molecule has 0 aliphatic carbocycles. The van der Waals surface area contributed by atoms with Gasteiger partial charge in [-0.15, -0.1) is 11.3 Å². The Morgan fingerprint density at radius 3 is 3.00 bits per heavy atom. The van der Waals surface area contributed by atoms with Crippen LogP contribution in [-0.2, 0) is 9.53 Å². The molecule has 2 amide bonds. The number of hydrogen-bond acceptors (Lipinski definition) is 4. The lowest BCUT2D eigenvalue weighted by Crippen LogP contribution is -2.44. The van der Waals surface area contributed by atoms with Gasteiger partial charge >= 0.3 is 12.0 Å². The van der Waals surface area contributed by atoms with Crippen LogP contribution in [-0.4, -0.2) is 18.6 Å². The van der Waals surface area contributed by atoms with Gasteiger partial charge in [0.2, 0.25) is 0 Å². The van der Waals surface area contributed by atoms with E-state index in [1.54, 1.807) is 0 Å². The molecule has 5 nitrogen and oxygen atoms in total. The summed E-state index contributed by atoms with van der Waals surface area (Å²) in [6.45, 7) is 2.11. The van der Waals surface area contributed by atoms with Crippen molar-refractivity contribution in [2.45, 2.75) is 13.0 Å². The smallest absolute Gasteiger partial charge is 0.338 e. The zero-order valence-electron chi connectivity index (χ0n) is 9.07. The fourth-order valence-electron chi connectivity index (χ4n) is 2.07. The number of rotatable bonds is 1. The first kappa shape index (κ1) is 10.3. The fraction of sp³-hybridized carbons (Fsp3) is 0.273. The third kappa shape index (κ3) is 1.52. The van der Waals surface area contributed by atoms with Crippen molar-refractivity contribution in [2.24, 2.45) is 0 Å². The molecule has 0 aromatic carbocycles. The molecule has 0 spiro atoms. The lowest BCUT2D eigenvalue weighted by atomic mass is 10.0. The van der Waals surface area contributed by atoms with E-state index in [1.807, 2.05) is 18.4 Å². The molecule has 0 bridgehead atoms. The van der Waals surface area contributed by atoms with Crippen LogP contribution in [0.3, 0.4) is 0 Å². The highest BCUT2D eigenvalue weighted by atomic mass is 32.1. The van der Waals surface area contributed by atoms with Crippen LogP contribution in [0.15, 0.2) is 22.7 Å². The zero-order valence-corrected chi connectivity index (χ0v) is 9.89. The van der Waals surface area contributed by atoms with E-state index < -0.39 is 0 Å². The average molecular weight is 250 g/mol. The number of cyclic esters (lactones) is 1. The molecule has 0 fully saturated rings. The summed E-state index contributed by atoms with van der Waals surface area (Å²) in [6, 6.07) is 1.29. The minimum absolute atomic E-state index is 0.155. The van der Waals surface area contributed by atoms with Crippen molar-refractivity contribution in [3.8, 4) is 0 Å². The first-order valence-electron chi connectivity index (χ1n) is 5.18. The minimum atomic E-state index is -0.381. The topological polar surface area (TPSA) is 67.4 Å². The molecule has 1 aromatic heterocycles. The average Bonchev–Trinajstić information content (AvgIpc) is 2.85. The van der Waals surface area contributed by atoms with Gasteiger partial charge in [-0.25, -0.2) is 9.59 Å². The summed E-state index contributed by atoms with van der Waals surface area (Å²) in [5, 5.41) is 7.32. The van der Waals surface area contributed by atoms with E-state index in [4.69, 9.17) is 4.74 Å². The minimum Gasteiger partial charge on any atom is -0.456 e. The predicted octanol–water partition coefficient (Wildman–Crippen LogP) is 1.22. The summed E-state index contributed by atoms with van der Waals surface area (Å²) in [4.78, 5) is 24.2. The molecule has 6 heteroatoms. The molecule has 2 aliphatic heterocycles. The van der Waals surface area contributed by atoms with Crippen molar-refractivity contribution >= 4 is 23.3 Å². The summed E-state index contributed by atoms with van der Waals surface area (Å²) < 4.78 is 4.95. The van der Waals surface area contributed by atoms with Gasteiger partial charge in [0, 0.05) is 4.88 Å². The molecular formula is C11H10N2O3S. The van der Waals surface area contributed by atoms with Gasteiger partial charge in [-0.1, -0.05) is 0 Å². The maximum absolute atomic E-state index is 11.7. The van der Waals surface area contributed by atoms with Crippen LogP contribution in [0.25, 0.3) is 0 Å². The van der Waals surface area contributed by atoms with Gasteiger partial charge in [0.25, 0.3) is 0 Å². The second-order valence-corrected chi connectivity index (χ2v) is 4.92. The Bertz CT molecular complexity index is 547. The molecule has 2 N–H and O–H groups in total. The van der Waals surface area contributed by atoms with Gasteiger partial charge in [-0.2, -0.15) is 0 Å². The Morgan fingerprint density at radius 2 is 2.29 bits per heavy atom. The Labute approximate surface area is 101 Å². The largest absolute Gasteiger partial charge is 0.456 e. The van der Waals surface area contributed by atoms with E-state index in [9.17, 15) is 9.59 Å². The van der Waals surface area contributed by atoms with Crippen molar-refractivity contribution in [3.63, 3.8) is 0 Å². The van der Waals surface area contributed by atoms with Crippen LogP contribution in [0.4, 0.5) is 4.79 Å². The maximum Gasteiger partial charge on any atom is 0.338 e. The van der Waals surface area contributed by atoms with E-state index in [0.29, 0.717) is 11.3 Å². The normalized spacial score (nSPS) is 23.0. The molecule has 1 atom stereocenters. The maximum atomic E-state index is 11.7. The SMILES string of the molecule is Cc1ccsc1C1NC(=O)NC2=C1C(=O)OC2. The van der Waals surface area contributed by atoms with Crippen LogP contribution in [0.5, 0.6) is 0 Å². The monoisotopic (exact) mass is 250 g/mol. The summed E-state index contributed by atoms with van der Waals surface area (Å²) in [5.41, 5.74) is 2.17. The number of esters is 1.